The van der Waals surface area contributed by atoms with Gasteiger partial charge in [0.1, 0.15) is 0 Å². The van der Waals surface area contributed by atoms with Gasteiger partial charge in [-0.05, 0) is 6.42 Å². The van der Waals surface area contributed by atoms with Gasteiger partial charge in [0.25, 0.3) is 0 Å². The monoisotopic (exact) mass is 237 g/mol. The predicted octanol–water partition coefficient (Wildman–Crippen LogP) is 1.23. The zero-order valence-electron chi connectivity index (χ0n) is 5.21. The molecule has 3 nitrogen and oxygen atoms in total. The van der Waals surface area contributed by atoms with Gasteiger partial charge in [0.15, 0.2) is 0 Å². The number of nitrogens with zero attached hydrogens (tertiary/aromatic N) is 3. The Morgan fingerprint density at radius 1 is 1.78 bits per heavy atom. The second-order valence-electron chi connectivity index (χ2n) is 1.72. The van der Waals surface area contributed by atoms with Crippen LogP contribution in [0.3, 0.4) is 0 Å². The topological polar surface area (TPSA) is 30.7 Å². The highest BCUT2D eigenvalue weighted by Gasteiger charge is 1.93. The Bertz CT molecular complexity index is 166. The molecule has 0 saturated heterocycles. The summed E-state index contributed by atoms with van der Waals surface area (Å²) >= 11 is 2.24. The van der Waals surface area contributed by atoms with Crippen molar-refractivity contribution in [1.82, 2.24) is 15.0 Å². The molecule has 0 saturated carbocycles. The average Bonchev–Trinajstić information content (AvgIpc) is 2.34. The Labute approximate surface area is 67.6 Å². The molecule has 1 aromatic rings. The van der Waals surface area contributed by atoms with Gasteiger partial charge in [-0.2, -0.15) is 0 Å². The molecule has 0 fully saturated rings. The normalized spacial score (nSPS) is 10.0. The number of aromatic nitrogens is 3. The van der Waals surface area contributed by atoms with Crippen molar-refractivity contribution in [3.63, 3.8) is 0 Å². The fourth-order valence-corrected chi connectivity index (χ4v) is 0.892. The van der Waals surface area contributed by atoms with E-state index in [1.54, 1.807) is 0 Å². The quantitative estimate of drug-likeness (QED) is 0.572. The first kappa shape index (κ1) is 6.98. The summed E-state index contributed by atoms with van der Waals surface area (Å²) in [6, 6.07) is 0. The molecule has 0 aromatic carbocycles. The van der Waals surface area contributed by atoms with E-state index in [9.17, 15) is 0 Å². The van der Waals surface area contributed by atoms with E-state index in [-0.39, 0.29) is 0 Å². The molecule has 0 atom stereocenters. The number of alkyl halides is 1. The molecule has 9 heavy (non-hydrogen) atoms. The van der Waals surface area contributed by atoms with Gasteiger partial charge in [-0.25, -0.2) is 4.68 Å². The van der Waals surface area contributed by atoms with Crippen molar-refractivity contribution in [2.45, 2.75) is 17.9 Å². The molecule has 0 amide bonds. The molecule has 0 radical (unpaired) electrons. The van der Waals surface area contributed by atoms with Crippen molar-refractivity contribution in [3.05, 3.63) is 11.9 Å². The van der Waals surface area contributed by atoms with E-state index in [2.05, 4.69) is 39.8 Å². The summed E-state index contributed by atoms with van der Waals surface area (Å²) in [5.74, 6) is 0. The lowest BCUT2D eigenvalue weighted by Gasteiger charge is -1.85. The molecule has 0 aliphatic heterocycles. The predicted molar refractivity (Wildman–Crippen MR) is 43.4 cm³/mol. The lowest BCUT2D eigenvalue weighted by Crippen LogP contribution is -1.90. The fraction of sp³-hybridized carbons (Fsp3) is 0.600. The van der Waals surface area contributed by atoms with E-state index >= 15 is 0 Å². The minimum Gasteiger partial charge on any atom is -0.242 e. The summed E-state index contributed by atoms with van der Waals surface area (Å²) in [4.78, 5) is 0. The van der Waals surface area contributed by atoms with Crippen LogP contribution in [0, 0.1) is 0 Å². The van der Waals surface area contributed by atoms with Gasteiger partial charge in [-0.15, -0.1) is 5.10 Å². The molecule has 50 valence electrons. The maximum atomic E-state index is 3.91. The number of hydrogen-bond donors (Lipinski definition) is 0. The third-order valence-corrected chi connectivity index (χ3v) is 1.77. The lowest BCUT2D eigenvalue weighted by molar-refractivity contribution is 0.713. The fourth-order valence-electron chi connectivity index (χ4n) is 0.559. The minimum absolute atomic E-state index is 0.880. The van der Waals surface area contributed by atoms with Gasteiger partial charge in [-0.1, -0.05) is 34.7 Å². The van der Waals surface area contributed by atoms with Crippen LogP contribution in [-0.4, -0.2) is 15.0 Å². The first-order valence-electron chi connectivity index (χ1n) is 2.81. The van der Waals surface area contributed by atoms with Gasteiger partial charge in [0.05, 0.1) is 10.2 Å². The van der Waals surface area contributed by atoms with E-state index in [1.165, 1.54) is 0 Å². The van der Waals surface area contributed by atoms with Gasteiger partial charge in [0, 0.05) is 6.20 Å². The van der Waals surface area contributed by atoms with Crippen molar-refractivity contribution in [2.75, 3.05) is 0 Å². The van der Waals surface area contributed by atoms with Crippen LogP contribution in [0.4, 0.5) is 0 Å². The highest BCUT2D eigenvalue weighted by molar-refractivity contribution is 14.1. The summed E-state index contributed by atoms with van der Waals surface area (Å²) in [6.45, 7) is 2.07. The smallest absolute Gasteiger partial charge is 0.0941 e. The van der Waals surface area contributed by atoms with E-state index in [4.69, 9.17) is 0 Å². The highest BCUT2D eigenvalue weighted by Crippen LogP contribution is 1.95. The van der Waals surface area contributed by atoms with Crippen LogP contribution in [-0.2, 0) is 11.0 Å². The Balaban J connectivity index is 2.74. The maximum absolute atomic E-state index is 3.91. The first-order valence-corrected chi connectivity index (χ1v) is 4.34. The lowest BCUT2D eigenvalue weighted by atomic mass is 10.4. The SMILES string of the molecule is CCc1cn(CI)nn1. The number of rotatable bonds is 2. The van der Waals surface area contributed by atoms with E-state index < -0.39 is 0 Å². The maximum Gasteiger partial charge on any atom is 0.0941 e. The van der Waals surface area contributed by atoms with Crippen molar-refractivity contribution in [1.29, 1.82) is 0 Å². The van der Waals surface area contributed by atoms with Crippen LogP contribution in [0.25, 0.3) is 0 Å². The second-order valence-corrected chi connectivity index (χ2v) is 2.40. The summed E-state index contributed by atoms with van der Waals surface area (Å²) in [5, 5.41) is 7.78. The van der Waals surface area contributed by atoms with Crippen molar-refractivity contribution < 1.29 is 0 Å². The van der Waals surface area contributed by atoms with Crippen molar-refractivity contribution in [2.24, 2.45) is 0 Å². The average molecular weight is 237 g/mol. The summed E-state index contributed by atoms with van der Waals surface area (Å²) in [5.41, 5.74) is 1.06. The Morgan fingerprint density at radius 2 is 2.56 bits per heavy atom. The largest absolute Gasteiger partial charge is 0.242 e. The summed E-state index contributed by atoms with van der Waals surface area (Å²) < 4.78 is 2.70. The molecule has 0 unspecified atom stereocenters. The molecule has 1 rings (SSSR count). The van der Waals surface area contributed by atoms with E-state index in [1.807, 2.05) is 10.9 Å². The zero-order chi connectivity index (χ0) is 6.69. The van der Waals surface area contributed by atoms with Crippen LogP contribution in [0.15, 0.2) is 6.20 Å². The van der Waals surface area contributed by atoms with Gasteiger partial charge < -0.3 is 0 Å². The molecule has 0 N–H and O–H groups in total. The molecular weight excluding hydrogens is 229 g/mol. The van der Waals surface area contributed by atoms with Crippen LogP contribution >= 0.6 is 22.6 Å². The van der Waals surface area contributed by atoms with Crippen LogP contribution in [0.5, 0.6) is 0 Å². The van der Waals surface area contributed by atoms with E-state index in [0.717, 1.165) is 16.7 Å². The minimum atomic E-state index is 0.880. The summed E-state index contributed by atoms with van der Waals surface area (Å²) in [6.07, 6.45) is 2.93. The summed E-state index contributed by atoms with van der Waals surface area (Å²) in [7, 11) is 0. The standard InChI is InChI=1S/C5H8IN3/c1-2-5-3-9(4-6)8-7-5/h3H,2,4H2,1H3. The zero-order valence-corrected chi connectivity index (χ0v) is 7.37. The number of aryl methyl sites for hydroxylation is 1. The molecule has 0 aliphatic rings. The van der Waals surface area contributed by atoms with Crippen LogP contribution in [0.2, 0.25) is 0 Å². The molecule has 0 bridgehead atoms. The number of halogens is 1. The van der Waals surface area contributed by atoms with Crippen molar-refractivity contribution in [3.8, 4) is 0 Å². The number of hydrogen-bond acceptors (Lipinski definition) is 2. The first-order chi connectivity index (χ1) is 4.36. The Kier molecular flexibility index (Phi) is 2.44. The van der Waals surface area contributed by atoms with Gasteiger partial charge >= 0.3 is 0 Å². The van der Waals surface area contributed by atoms with Gasteiger partial charge in [0.2, 0.25) is 0 Å². The molecule has 0 spiro atoms. The van der Waals surface area contributed by atoms with Crippen LogP contribution < -0.4 is 0 Å². The third-order valence-electron chi connectivity index (χ3n) is 1.07. The molecule has 1 aromatic heterocycles. The Hall–Kier alpha value is -0.130. The van der Waals surface area contributed by atoms with E-state index in [0.29, 0.717) is 0 Å². The second kappa shape index (κ2) is 3.14. The Morgan fingerprint density at radius 3 is 2.89 bits per heavy atom. The highest BCUT2D eigenvalue weighted by atomic mass is 127. The molecular formula is C5H8IN3. The molecule has 0 aliphatic carbocycles. The van der Waals surface area contributed by atoms with Crippen molar-refractivity contribution >= 4 is 22.6 Å². The third kappa shape index (κ3) is 1.64. The van der Waals surface area contributed by atoms with Crippen LogP contribution in [0.1, 0.15) is 12.6 Å². The van der Waals surface area contributed by atoms with Gasteiger partial charge in [-0.3, -0.25) is 0 Å². The molecule has 1 heterocycles. The molecule has 4 heteroatoms.